The van der Waals surface area contributed by atoms with Crippen molar-refractivity contribution in [3.63, 3.8) is 0 Å². The number of hydrogen-bond donors (Lipinski definition) is 1. The highest BCUT2D eigenvalue weighted by atomic mass is 16.3. The summed E-state index contributed by atoms with van der Waals surface area (Å²) in [4.78, 5) is 2.17. The van der Waals surface area contributed by atoms with E-state index in [1.807, 2.05) is 19.2 Å². The third-order valence-electron chi connectivity index (χ3n) is 2.13. The van der Waals surface area contributed by atoms with Gasteiger partial charge in [0.15, 0.2) is 0 Å². The number of rotatable bonds is 4. The summed E-state index contributed by atoms with van der Waals surface area (Å²) in [5, 5.41) is 0. The number of furan rings is 1. The number of nitrogens with two attached hydrogens (primary N) is 1. The first-order chi connectivity index (χ1) is 5.79. The largest absolute Gasteiger partial charge is 0.468 e. The molecule has 1 rings (SSSR count). The van der Waals surface area contributed by atoms with E-state index in [2.05, 4.69) is 11.8 Å². The van der Waals surface area contributed by atoms with Gasteiger partial charge < -0.3 is 10.2 Å². The fourth-order valence-corrected chi connectivity index (χ4v) is 1.21. The lowest BCUT2D eigenvalue weighted by Gasteiger charge is -2.23. The molecule has 68 valence electrons. The van der Waals surface area contributed by atoms with E-state index in [1.165, 1.54) is 0 Å². The van der Waals surface area contributed by atoms with Gasteiger partial charge in [0.25, 0.3) is 0 Å². The average Bonchev–Trinajstić information content (AvgIpc) is 2.58. The average molecular weight is 168 g/mol. The Morgan fingerprint density at radius 2 is 2.42 bits per heavy atom. The van der Waals surface area contributed by atoms with Crippen LogP contribution in [0.3, 0.4) is 0 Å². The molecule has 12 heavy (non-hydrogen) atoms. The van der Waals surface area contributed by atoms with Gasteiger partial charge in [-0.05, 0) is 25.7 Å². The van der Waals surface area contributed by atoms with Crippen molar-refractivity contribution in [2.24, 2.45) is 5.73 Å². The Labute approximate surface area is 73.2 Å². The van der Waals surface area contributed by atoms with Crippen LogP contribution in [0.2, 0.25) is 0 Å². The van der Waals surface area contributed by atoms with Crippen LogP contribution >= 0.6 is 0 Å². The summed E-state index contributed by atoms with van der Waals surface area (Å²) in [6, 6.07) is 4.07. The molecule has 0 saturated carbocycles. The van der Waals surface area contributed by atoms with E-state index in [0.717, 1.165) is 12.3 Å². The Balaban J connectivity index is 2.69. The molecule has 0 aliphatic carbocycles. The zero-order valence-electron chi connectivity index (χ0n) is 7.66. The number of nitrogens with zero attached hydrogens (tertiary/aromatic N) is 1. The molecule has 0 fully saturated rings. The topological polar surface area (TPSA) is 42.4 Å². The molecule has 0 aromatic carbocycles. The number of likely N-dealkylation sites (N-methyl/N-ethyl adjacent to an activating group) is 1. The molecule has 3 heteroatoms. The first kappa shape index (κ1) is 9.29. The van der Waals surface area contributed by atoms with Crippen molar-refractivity contribution in [2.45, 2.75) is 13.0 Å². The molecule has 1 unspecified atom stereocenters. The summed E-state index contributed by atoms with van der Waals surface area (Å²) < 4.78 is 5.29. The summed E-state index contributed by atoms with van der Waals surface area (Å²) in [5.41, 5.74) is 5.64. The highest BCUT2D eigenvalue weighted by Gasteiger charge is 2.15. The minimum absolute atomic E-state index is 0.213. The van der Waals surface area contributed by atoms with E-state index in [9.17, 15) is 0 Å². The summed E-state index contributed by atoms with van der Waals surface area (Å²) in [6.45, 7) is 3.67. The van der Waals surface area contributed by atoms with Crippen molar-refractivity contribution in [1.29, 1.82) is 0 Å². The van der Waals surface area contributed by atoms with Gasteiger partial charge in [-0.2, -0.15) is 0 Å². The second-order valence-corrected chi connectivity index (χ2v) is 2.84. The zero-order valence-corrected chi connectivity index (χ0v) is 7.66. The van der Waals surface area contributed by atoms with Gasteiger partial charge in [-0.15, -0.1) is 0 Å². The fourth-order valence-electron chi connectivity index (χ4n) is 1.21. The summed E-state index contributed by atoms with van der Waals surface area (Å²) >= 11 is 0. The molecule has 1 heterocycles. The maximum absolute atomic E-state index is 5.64. The molecule has 3 nitrogen and oxygen atoms in total. The Hall–Kier alpha value is -0.800. The highest BCUT2D eigenvalue weighted by molar-refractivity contribution is 5.04. The van der Waals surface area contributed by atoms with Gasteiger partial charge in [0, 0.05) is 6.54 Å². The van der Waals surface area contributed by atoms with Gasteiger partial charge in [0.1, 0.15) is 5.76 Å². The van der Waals surface area contributed by atoms with Crippen LogP contribution in [0, 0.1) is 0 Å². The van der Waals surface area contributed by atoms with Crippen molar-refractivity contribution in [3.8, 4) is 0 Å². The molecule has 0 radical (unpaired) electrons. The van der Waals surface area contributed by atoms with Crippen molar-refractivity contribution in [1.82, 2.24) is 4.90 Å². The predicted molar refractivity (Wildman–Crippen MR) is 48.8 cm³/mol. The van der Waals surface area contributed by atoms with Gasteiger partial charge >= 0.3 is 0 Å². The summed E-state index contributed by atoms with van der Waals surface area (Å²) in [5.74, 6) is 0.946. The smallest absolute Gasteiger partial charge is 0.122 e. The first-order valence-electron chi connectivity index (χ1n) is 4.23. The summed E-state index contributed by atoms with van der Waals surface area (Å²) in [6.07, 6.45) is 1.68. The van der Waals surface area contributed by atoms with E-state index >= 15 is 0 Å². The Morgan fingerprint density at radius 1 is 1.67 bits per heavy atom. The van der Waals surface area contributed by atoms with Crippen LogP contribution in [0.1, 0.15) is 18.7 Å². The van der Waals surface area contributed by atoms with Crippen molar-refractivity contribution < 1.29 is 4.42 Å². The summed E-state index contributed by atoms with van der Waals surface area (Å²) in [7, 11) is 2.04. The third kappa shape index (κ3) is 1.87. The Morgan fingerprint density at radius 3 is 2.83 bits per heavy atom. The molecule has 0 aliphatic rings. The lowest BCUT2D eigenvalue weighted by atomic mass is 10.2. The van der Waals surface area contributed by atoms with Crippen molar-refractivity contribution >= 4 is 0 Å². The zero-order chi connectivity index (χ0) is 8.97. The van der Waals surface area contributed by atoms with Crippen LogP contribution in [0.25, 0.3) is 0 Å². The molecular weight excluding hydrogens is 152 g/mol. The van der Waals surface area contributed by atoms with E-state index in [-0.39, 0.29) is 6.04 Å². The van der Waals surface area contributed by atoms with Gasteiger partial charge in [0.2, 0.25) is 0 Å². The van der Waals surface area contributed by atoms with E-state index in [4.69, 9.17) is 10.2 Å². The van der Waals surface area contributed by atoms with Gasteiger partial charge in [-0.1, -0.05) is 6.92 Å². The van der Waals surface area contributed by atoms with Crippen LogP contribution < -0.4 is 5.73 Å². The molecule has 2 N–H and O–H groups in total. The Bertz CT molecular complexity index is 208. The van der Waals surface area contributed by atoms with Crippen LogP contribution in [-0.4, -0.2) is 25.0 Å². The molecular formula is C9H16N2O. The molecule has 0 saturated heterocycles. The van der Waals surface area contributed by atoms with Crippen LogP contribution in [0.15, 0.2) is 22.8 Å². The minimum Gasteiger partial charge on any atom is -0.468 e. The van der Waals surface area contributed by atoms with E-state index in [0.29, 0.717) is 6.54 Å². The highest BCUT2D eigenvalue weighted by Crippen LogP contribution is 2.17. The van der Waals surface area contributed by atoms with Crippen molar-refractivity contribution in [2.75, 3.05) is 20.1 Å². The number of hydrogen-bond acceptors (Lipinski definition) is 3. The van der Waals surface area contributed by atoms with Crippen LogP contribution in [-0.2, 0) is 0 Å². The van der Waals surface area contributed by atoms with E-state index in [1.54, 1.807) is 6.26 Å². The standard InChI is InChI=1S/C9H16N2O/c1-3-11(2)8(7-10)9-5-4-6-12-9/h4-6,8H,3,7,10H2,1-2H3. The van der Waals surface area contributed by atoms with Crippen molar-refractivity contribution in [3.05, 3.63) is 24.2 Å². The molecule has 1 aromatic heterocycles. The fraction of sp³-hybridized carbons (Fsp3) is 0.556. The monoisotopic (exact) mass is 168 g/mol. The predicted octanol–water partition coefficient (Wildman–Crippen LogP) is 1.23. The SMILES string of the molecule is CCN(C)C(CN)c1ccco1. The van der Waals surface area contributed by atoms with Crippen LogP contribution in [0.4, 0.5) is 0 Å². The van der Waals surface area contributed by atoms with Crippen LogP contribution in [0.5, 0.6) is 0 Å². The molecule has 1 aromatic rings. The second kappa shape index (κ2) is 4.28. The van der Waals surface area contributed by atoms with Gasteiger partial charge in [-0.3, -0.25) is 4.90 Å². The molecule has 0 spiro atoms. The molecule has 0 aliphatic heterocycles. The van der Waals surface area contributed by atoms with Gasteiger partial charge in [0.05, 0.1) is 12.3 Å². The first-order valence-corrected chi connectivity index (χ1v) is 4.23. The van der Waals surface area contributed by atoms with Gasteiger partial charge in [-0.25, -0.2) is 0 Å². The molecule has 0 bridgehead atoms. The molecule has 1 atom stereocenters. The lowest BCUT2D eigenvalue weighted by Crippen LogP contribution is -2.29. The third-order valence-corrected chi connectivity index (χ3v) is 2.13. The minimum atomic E-state index is 0.213. The quantitative estimate of drug-likeness (QED) is 0.735. The lowest BCUT2D eigenvalue weighted by molar-refractivity contribution is 0.231. The Kier molecular flexibility index (Phi) is 3.31. The second-order valence-electron chi connectivity index (χ2n) is 2.84. The maximum atomic E-state index is 5.64. The van der Waals surface area contributed by atoms with E-state index < -0.39 is 0 Å². The normalized spacial score (nSPS) is 13.7. The molecule has 0 amide bonds. The maximum Gasteiger partial charge on any atom is 0.122 e.